The van der Waals surface area contributed by atoms with Gasteiger partial charge < -0.3 is 20.3 Å². The van der Waals surface area contributed by atoms with E-state index in [4.69, 9.17) is 4.74 Å². The average Bonchev–Trinajstić information content (AvgIpc) is 3.16. The van der Waals surface area contributed by atoms with Crippen molar-refractivity contribution in [1.29, 1.82) is 0 Å². The van der Waals surface area contributed by atoms with Gasteiger partial charge in [-0.15, -0.1) is 0 Å². The smallest absolute Gasteiger partial charge is 0.255 e. The number of rotatable bonds is 6. The van der Waals surface area contributed by atoms with Crippen LogP contribution in [0.5, 0.6) is 0 Å². The van der Waals surface area contributed by atoms with Crippen LogP contribution in [0.15, 0.2) is 30.5 Å². The van der Waals surface area contributed by atoms with Crippen molar-refractivity contribution in [3.8, 4) is 0 Å². The van der Waals surface area contributed by atoms with Crippen molar-refractivity contribution < 1.29 is 14.3 Å². The van der Waals surface area contributed by atoms with E-state index in [-0.39, 0.29) is 11.8 Å². The highest BCUT2D eigenvalue weighted by atomic mass is 16.5. The van der Waals surface area contributed by atoms with Gasteiger partial charge in [-0.2, -0.15) is 0 Å². The quantitative estimate of drug-likeness (QED) is 0.664. The molecule has 3 fully saturated rings. The Balaban J connectivity index is 1.23. The third-order valence-corrected chi connectivity index (χ3v) is 8.56. The van der Waals surface area contributed by atoms with Crippen molar-refractivity contribution in [2.24, 2.45) is 5.92 Å². The van der Waals surface area contributed by atoms with E-state index in [1.54, 1.807) is 4.90 Å². The van der Waals surface area contributed by atoms with E-state index >= 15 is 0 Å². The van der Waals surface area contributed by atoms with Crippen LogP contribution in [0.3, 0.4) is 0 Å². The van der Waals surface area contributed by atoms with Crippen LogP contribution in [-0.4, -0.2) is 48.1 Å². The largest absolute Gasteiger partial charge is 0.381 e. The molecule has 0 radical (unpaired) electrons. The molecule has 2 N–H and O–H groups in total. The highest BCUT2D eigenvalue weighted by molar-refractivity contribution is 6.01. The Bertz CT molecular complexity index is 937. The third kappa shape index (κ3) is 4.94. The lowest BCUT2D eigenvalue weighted by atomic mass is 9.79. The summed E-state index contributed by atoms with van der Waals surface area (Å²) >= 11 is 0. The van der Waals surface area contributed by atoms with E-state index in [9.17, 15) is 9.59 Å². The molecule has 0 bridgehead atoms. The maximum atomic E-state index is 13.0. The number of piperidine rings is 1. The van der Waals surface area contributed by atoms with E-state index < -0.39 is 6.04 Å². The first kappa shape index (κ1) is 23.6. The summed E-state index contributed by atoms with van der Waals surface area (Å²) in [6.45, 7) is 4.38. The topological polar surface area (TPSA) is 70.7 Å². The molecule has 1 aromatic carbocycles. The maximum Gasteiger partial charge on any atom is 0.255 e. The standard InChI is InChI=1S/C28H39N3O3/c1-18-7-14-26(27(32)29-18)31-17-21-16-19(8-13-24(21)28(31)33)15-20-5-3-4-6-25(20)30-22-9-11-23(34-2)12-10-22/h8,13,16,20,22-23,25-26,30H,1,3-7,9-12,14-15,17H2,2H3,(H,29,32)/t20-,22?,23?,25+,26?/m1/s1. The minimum absolute atomic E-state index is 0.0157. The summed E-state index contributed by atoms with van der Waals surface area (Å²) in [4.78, 5) is 27.3. The molecule has 6 nitrogen and oxygen atoms in total. The molecule has 34 heavy (non-hydrogen) atoms. The van der Waals surface area contributed by atoms with Crippen molar-refractivity contribution in [3.05, 3.63) is 47.2 Å². The number of methoxy groups -OCH3 is 1. The summed E-state index contributed by atoms with van der Waals surface area (Å²) in [5.41, 5.74) is 3.89. The van der Waals surface area contributed by atoms with Gasteiger partial charge in [0, 0.05) is 37.0 Å². The Morgan fingerprint density at radius 1 is 1.09 bits per heavy atom. The lowest BCUT2D eigenvalue weighted by molar-refractivity contribution is -0.126. The van der Waals surface area contributed by atoms with Crippen molar-refractivity contribution in [2.45, 2.75) is 101 Å². The molecule has 4 aliphatic rings. The Morgan fingerprint density at radius 2 is 1.88 bits per heavy atom. The second-order valence-corrected chi connectivity index (χ2v) is 10.8. The number of ether oxygens (including phenoxy) is 1. The third-order valence-electron chi connectivity index (χ3n) is 8.56. The summed E-state index contributed by atoms with van der Waals surface area (Å²) in [5, 5.41) is 6.84. The SMILES string of the molecule is C=C1CCC(N2Cc3cc(C[C@H]4CCCC[C@@H]4NC4CCC(OC)CC4)ccc3C2=O)C(=O)N1. The van der Waals surface area contributed by atoms with Crippen molar-refractivity contribution >= 4 is 11.8 Å². The molecule has 2 heterocycles. The molecule has 1 unspecified atom stereocenters. The molecular formula is C28H39N3O3. The molecule has 0 spiro atoms. The Morgan fingerprint density at radius 3 is 2.65 bits per heavy atom. The second-order valence-electron chi connectivity index (χ2n) is 10.8. The molecule has 0 aromatic heterocycles. The zero-order valence-corrected chi connectivity index (χ0v) is 20.5. The molecule has 2 amide bonds. The van der Waals surface area contributed by atoms with Gasteiger partial charge in [0.2, 0.25) is 5.91 Å². The first-order valence-corrected chi connectivity index (χ1v) is 13.2. The average molecular weight is 466 g/mol. The van der Waals surface area contributed by atoms with Gasteiger partial charge in [0.15, 0.2) is 0 Å². The number of allylic oxidation sites excluding steroid dienone is 1. The Hall–Kier alpha value is -2.18. The molecule has 5 rings (SSSR count). The van der Waals surface area contributed by atoms with Crippen LogP contribution in [0.25, 0.3) is 0 Å². The van der Waals surface area contributed by atoms with Gasteiger partial charge in [-0.3, -0.25) is 9.59 Å². The van der Waals surface area contributed by atoms with Crippen molar-refractivity contribution in [3.63, 3.8) is 0 Å². The summed E-state index contributed by atoms with van der Waals surface area (Å²) in [7, 11) is 1.83. The van der Waals surface area contributed by atoms with Crippen molar-refractivity contribution in [1.82, 2.24) is 15.5 Å². The van der Waals surface area contributed by atoms with Crippen LogP contribution >= 0.6 is 0 Å². The predicted octanol–water partition coefficient (Wildman–Crippen LogP) is 4.08. The minimum atomic E-state index is -0.394. The Labute approximate surface area is 203 Å². The van der Waals surface area contributed by atoms with Crippen LogP contribution < -0.4 is 10.6 Å². The predicted molar refractivity (Wildman–Crippen MR) is 132 cm³/mol. The summed E-state index contributed by atoms with van der Waals surface area (Å²) < 4.78 is 5.55. The van der Waals surface area contributed by atoms with Crippen LogP contribution in [0.2, 0.25) is 0 Å². The van der Waals surface area contributed by atoms with E-state index in [2.05, 4.69) is 29.3 Å². The number of nitrogens with zero attached hydrogens (tertiary/aromatic N) is 1. The van der Waals surface area contributed by atoms with E-state index in [0.29, 0.717) is 37.1 Å². The number of hydrogen-bond acceptors (Lipinski definition) is 4. The molecule has 2 aliphatic heterocycles. The number of amides is 2. The Kier molecular flexibility index (Phi) is 7.07. The van der Waals surface area contributed by atoms with Crippen LogP contribution in [0, 0.1) is 5.92 Å². The van der Waals surface area contributed by atoms with Gasteiger partial charge in [0.1, 0.15) is 6.04 Å². The number of nitrogens with one attached hydrogen (secondary N) is 2. The molecule has 184 valence electrons. The number of fused-ring (bicyclic) bond motifs is 1. The maximum absolute atomic E-state index is 13.0. The van der Waals surface area contributed by atoms with Gasteiger partial charge in [-0.1, -0.05) is 31.6 Å². The van der Waals surface area contributed by atoms with E-state index in [0.717, 1.165) is 42.5 Å². The molecule has 1 saturated heterocycles. The molecule has 3 atom stereocenters. The highest BCUT2D eigenvalue weighted by Crippen LogP contribution is 2.33. The molecular weight excluding hydrogens is 426 g/mol. The number of carbonyl (C=O) groups excluding carboxylic acids is 2. The number of carbonyl (C=O) groups is 2. The monoisotopic (exact) mass is 465 g/mol. The molecule has 6 heteroatoms. The minimum Gasteiger partial charge on any atom is -0.381 e. The van der Waals surface area contributed by atoms with Crippen LogP contribution in [0.4, 0.5) is 0 Å². The first-order valence-electron chi connectivity index (χ1n) is 13.2. The lowest BCUT2D eigenvalue weighted by Gasteiger charge is -2.37. The fourth-order valence-corrected chi connectivity index (χ4v) is 6.58. The van der Waals surface area contributed by atoms with E-state index in [1.807, 2.05) is 13.2 Å². The molecule has 2 aliphatic carbocycles. The first-order chi connectivity index (χ1) is 16.5. The van der Waals surface area contributed by atoms with Crippen LogP contribution in [-0.2, 0) is 22.5 Å². The lowest BCUT2D eigenvalue weighted by Crippen LogP contribution is -2.49. The normalized spacial score (nSPS) is 32.0. The van der Waals surface area contributed by atoms with Crippen molar-refractivity contribution in [2.75, 3.05) is 7.11 Å². The second kappa shape index (κ2) is 10.2. The molecule has 1 aromatic rings. The zero-order chi connectivity index (χ0) is 23.7. The summed E-state index contributed by atoms with van der Waals surface area (Å²) in [5.74, 6) is 0.515. The van der Waals surface area contributed by atoms with Crippen LogP contribution in [0.1, 0.15) is 85.7 Å². The summed E-state index contributed by atoms with van der Waals surface area (Å²) in [6.07, 6.45) is 12.7. The van der Waals surface area contributed by atoms with Gasteiger partial charge in [0.05, 0.1) is 6.10 Å². The summed E-state index contributed by atoms with van der Waals surface area (Å²) in [6, 6.07) is 7.14. The van der Waals surface area contributed by atoms with Gasteiger partial charge in [-0.25, -0.2) is 0 Å². The highest BCUT2D eigenvalue weighted by Gasteiger charge is 2.38. The fraction of sp³-hybridized carbons (Fsp3) is 0.643. The number of benzene rings is 1. The zero-order valence-electron chi connectivity index (χ0n) is 20.5. The van der Waals surface area contributed by atoms with E-state index in [1.165, 1.54) is 44.1 Å². The van der Waals surface area contributed by atoms with Gasteiger partial charge >= 0.3 is 0 Å². The number of hydrogen-bond donors (Lipinski definition) is 2. The van der Waals surface area contributed by atoms with Gasteiger partial charge in [0.25, 0.3) is 5.91 Å². The van der Waals surface area contributed by atoms with Gasteiger partial charge in [-0.05, 0) is 80.9 Å². The molecule has 2 saturated carbocycles. The fourth-order valence-electron chi connectivity index (χ4n) is 6.58.